The summed E-state index contributed by atoms with van der Waals surface area (Å²) in [6.07, 6.45) is 5.76. The van der Waals surface area contributed by atoms with Crippen molar-refractivity contribution in [2.24, 2.45) is 0 Å². The van der Waals surface area contributed by atoms with E-state index in [0.29, 0.717) is 5.69 Å². The van der Waals surface area contributed by atoms with Gasteiger partial charge in [-0.1, -0.05) is 23.4 Å². The van der Waals surface area contributed by atoms with Gasteiger partial charge in [0.1, 0.15) is 18.1 Å². The average molecular weight is 338 g/mol. The van der Waals surface area contributed by atoms with Gasteiger partial charge < -0.3 is 9.26 Å². The summed E-state index contributed by atoms with van der Waals surface area (Å²) in [5.41, 5.74) is 3.25. The standard InChI is InChI=1S/C18H18N4O3/c23-18(24-12-16-15-8-4-5-9-17(15)25-21-16)10-13-11-19-22(20-13)14-6-2-1-3-7-14/h1-3,6-7,11H,4-5,8-10,12H2. The predicted octanol–water partition coefficient (Wildman–Crippen LogP) is 2.42. The molecular formula is C18H18N4O3. The molecule has 0 spiro atoms. The van der Waals surface area contributed by atoms with Gasteiger partial charge in [0.05, 0.1) is 24.0 Å². The number of rotatable bonds is 5. The molecule has 1 aliphatic rings. The second kappa shape index (κ2) is 6.88. The summed E-state index contributed by atoms with van der Waals surface area (Å²) in [5.74, 6) is 0.579. The molecule has 1 aliphatic carbocycles. The molecule has 7 nitrogen and oxygen atoms in total. The molecule has 1 aromatic carbocycles. The van der Waals surface area contributed by atoms with Crippen LogP contribution in [0.2, 0.25) is 0 Å². The first-order chi connectivity index (χ1) is 12.3. The Morgan fingerprint density at radius 2 is 2.04 bits per heavy atom. The first kappa shape index (κ1) is 15.6. The second-order valence-corrected chi connectivity index (χ2v) is 6.04. The Bertz CT molecular complexity index is 870. The highest BCUT2D eigenvalue weighted by molar-refractivity contribution is 5.71. The zero-order chi connectivity index (χ0) is 17.1. The van der Waals surface area contributed by atoms with Gasteiger partial charge >= 0.3 is 5.97 Å². The van der Waals surface area contributed by atoms with Gasteiger partial charge in [-0.05, 0) is 31.4 Å². The quantitative estimate of drug-likeness (QED) is 0.664. The summed E-state index contributed by atoms with van der Waals surface area (Å²) >= 11 is 0. The molecule has 0 radical (unpaired) electrons. The molecule has 0 N–H and O–H groups in total. The molecule has 7 heteroatoms. The minimum atomic E-state index is -0.354. The number of ether oxygens (including phenoxy) is 1. The van der Waals surface area contributed by atoms with E-state index in [1.165, 1.54) is 4.80 Å². The molecule has 25 heavy (non-hydrogen) atoms. The molecule has 4 rings (SSSR count). The summed E-state index contributed by atoms with van der Waals surface area (Å²) in [6, 6.07) is 9.54. The Kier molecular flexibility index (Phi) is 4.28. The maximum Gasteiger partial charge on any atom is 0.312 e. The fourth-order valence-corrected chi connectivity index (χ4v) is 2.97. The molecule has 0 unspecified atom stereocenters. The normalized spacial score (nSPS) is 13.4. The number of hydrogen-bond donors (Lipinski definition) is 0. The third-order valence-electron chi connectivity index (χ3n) is 4.25. The van der Waals surface area contributed by atoms with Gasteiger partial charge in [-0.25, -0.2) is 0 Å². The smallest absolute Gasteiger partial charge is 0.312 e. The molecule has 0 fully saturated rings. The molecule has 2 heterocycles. The summed E-state index contributed by atoms with van der Waals surface area (Å²) in [6.45, 7) is 0.143. The minimum absolute atomic E-state index is 0.0763. The third kappa shape index (κ3) is 3.45. The molecule has 0 atom stereocenters. The Morgan fingerprint density at radius 3 is 2.92 bits per heavy atom. The number of hydrogen-bond acceptors (Lipinski definition) is 6. The molecule has 128 valence electrons. The lowest BCUT2D eigenvalue weighted by Gasteiger charge is -2.09. The van der Waals surface area contributed by atoms with E-state index >= 15 is 0 Å². The first-order valence-electron chi connectivity index (χ1n) is 8.38. The fourth-order valence-electron chi connectivity index (χ4n) is 2.97. The van der Waals surface area contributed by atoms with Gasteiger partial charge in [0.25, 0.3) is 0 Å². The van der Waals surface area contributed by atoms with Crippen molar-refractivity contribution >= 4 is 5.97 Å². The lowest BCUT2D eigenvalue weighted by molar-refractivity contribution is -0.144. The van der Waals surface area contributed by atoms with Crippen LogP contribution in [0.5, 0.6) is 0 Å². The number of carbonyl (C=O) groups is 1. The molecule has 0 amide bonds. The molecule has 3 aromatic rings. The summed E-state index contributed by atoms with van der Waals surface area (Å²) in [4.78, 5) is 13.6. The van der Waals surface area contributed by atoms with Gasteiger partial charge in [0.15, 0.2) is 0 Å². The van der Waals surface area contributed by atoms with Gasteiger partial charge in [-0.3, -0.25) is 4.79 Å². The van der Waals surface area contributed by atoms with Crippen LogP contribution in [0.1, 0.15) is 35.6 Å². The zero-order valence-electron chi connectivity index (χ0n) is 13.7. The maximum absolute atomic E-state index is 12.1. The SMILES string of the molecule is O=C(Cc1cnn(-c2ccccc2)n1)OCc1noc2c1CCCC2. The van der Waals surface area contributed by atoms with Crippen molar-refractivity contribution in [1.29, 1.82) is 0 Å². The van der Waals surface area contributed by atoms with Gasteiger partial charge in [0, 0.05) is 12.0 Å². The maximum atomic E-state index is 12.1. The van der Waals surface area contributed by atoms with Gasteiger partial charge in [-0.2, -0.15) is 15.0 Å². The van der Waals surface area contributed by atoms with E-state index in [-0.39, 0.29) is 19.0 Å². The van der Waals surface area contributed by atoms with Crippen molar-refractivity contribution in [2.45, 2.75) is 38.7 Å². The predicted molar refractivity (Wildman–Crippen MR) is 88.0 cm³/mol. The van der Waals surface area contributed by atoms with Crippen LogP contribution in [-0.4, -0.2) is 26.1 Å². The van der Waals surface area contributed by atoms with E-state index < -0.39 is 0 Å². The average Bonchev–Trinajstić information content (AvgIpc) is 3.28. The number of aromatic nitrogens is 4. The number of nitrogens with zero attached hydrogens (tertiary/aromatic N) is 4. The lowest BCUT2D eigenvalue weighted by Crippen LogP contribution is -2.10. The largest absolute Gasteiger partial charge is 0.459 e. The van der Waals surface area contributed by atoms with E-state index in [4.69, 9.17) is 9.26 Å². The summed E-state index contributed by atoms with van der Waals surface area (Å²) < 4.78 is 10.7. The van der Waals surface area contributed by atoms with Crippen LogP contribution in [0, 0.1) is 0 Å². The molecule has 2 aromatic heterocycles. The Balaban J connectivity index is 1.35. The molecule has 0 bridgehead atoms. The van der Waals surface area contributed by atoms with E-state index in [2.05, 4.69) is 15.4 Å². The second-order valence-electron chi connectivity index (χ2n) is 6.04. The highest BCUT2D eigenvalue weighted by Gasteiger charge is 2.20. The summed E-state index contributed by atoms with van der Waals surface area (Å²) in [5, 5.41) is 12.5. The number of aryl methyl sites for hydroxylation is 1. The number of esters is 1. The number of carbonyl (C=O) groups excluding carboxylic acids is 1. The van der Waals surface area contributed by atoms with Crippen LogP contribution in [-0.2, 0) is 35.4 Å². The van der Waals surface area contributed by atoms with Crippen molar-refractivity contribution in [3.63, 3.8) is 0 Å². The first-order valence-corrected chi connectivity index (χ1v) is 8.38. The van der Waals surface area contributed by atoms with E-state index in [1.807, 2.05) is 30.3 Å². The monoisotopic (exact) mass is 338 g/mol. The van der Waals surface area contributed by atoms with Crippen LogP contribution in [0.4, 0.5) is 0 Å². The van der Waals surface area contributed by atoms with Gasteiger partial charge in [-0.15, -0.1) is 0 Å². The molecule has 0 aliphatic heterocycles. The van der Waals surface area contributed by atoms with Crippen molar-refractivity contribution in [2.75, 3.05) is 0 Å². The lowest BCUT2D eigenvalue weighted by atomic mass is 9.97. The number of para-hydroxylation sites is 1. The van der Waals surface area contributed by atoms with Crippen molar-refractivity contribution in [3.8, 4) is 5.69 Å². The van der Waals surface area contributed by atoms with Crippen molar-refractivity contribution < 1.29 is 14.1 Å². The van der Waals surface area contributed by atoms with Crippen LogP contribution < -0.4 is 0 Å². The number of fused-ring (bicyclic) bond motifs is 1. The minimum Gasteiger partial charge on any atom is -0.459 e. The molecule has 0 saturated heterocycles. The van der Waals surface area contributed by atoms with Crippen LogP contribution in [0.15, 0.2) is 41.1 Å². The van der Waals surface area contributed by atoms with Crippen LogP contribution in [0.25, 0.3) is 5.69 Å². The Hall–Kier alpha value is -2.96. The zero-order valence-corrected chi connectivity index (χ0v) is 13.7. The Labute approximate surface area is 144 Å². The highest BCUT2D eigenvalue weighted by atomic mass is 16.5. The van der Waals surface area contributed by atoms with Crippen molar-refractivity contribution in [1.82, 2.24) is 20.2 Å². The third-order valence-corrected chi connectivity index (χ3v) is 4.25. The number of benzene rings is 1. The van der Waals surface area contributed by atoms with Crippen LogP contribution >= 0.6 is 0 Å². The topological polar surface area (TPSA) is 83.0 Å². The van der Waals surface area contributed by atoms with Crippen LogP contribution in [0.3, 0.4) is 0 Å². The van der Waals surface area contributed by atoms with E-state index in [0.717, 1.165) is 48.4 Å². The van der Waals surface area contributed by atoms with Crippen molar-refractivity contribution in [3.05, 3.63) is 59.2 Å². The van der Waals surface area contributed by atoms with E-state index in [9.17, 15) is 4.79 Å². The molecule has 0 saturated carbocycles. The van der Waals surface area contributed by atoms with Gasteiger partial charge in [0.2, 0.25) is 0 Å². The molecular weight excluding hydrogens is 320 g/mol. The fraction of sp³-hybridized carbons (Fsp3) is 0.333. The summed E-state index contributed by atoms with van der Waals surface area (Å²) in [7, 11) is 0. The van der Waals surface area contributed by atoms with E-state index in [1.54, 1.807) is 6.20 Å². The highest BCUT2D eigenvalue weighted by Crippen LogP contribution is 2.24. The Morgan fingerprint density at radius 1 is 1.20 bits per heavy atom.